The number of aromatic nitrogens is 1. The Labute approximate surface area is 128 Å². The summed E-state index contributed by atoms with van der Waals surface area (Å²) in [5, 5.41) is 0. The fourth-order valence-electron chi connectivity index (χ4n) is 2.89. The van der Waals surface area contributed by atoms with Gasteiger partial charge in [-0.1, -0.05) is 33.6 Å². The van der Waals surface area contributed by atoms with Gasteiger partial charge < -0.3 is 4.90 Å². The van der Waals surface area contributed by atoms with Crippen molar-refractivity contribution in [3.8, 4) is 0 Å². The molecule has 0 atom stereocenters. The highest BCUT2D eigenvalue weighted by Gasteiger charge is 2.28. The van der Waals surface area contributed by atoms with Crippen LogP contribution in [0.15, 0.2) is 12.1 Å². The zero-order valence-corrected chi connectivity index (χ0v) is 13.8. The molecule has 2 nitrogen and oxygen atoms in total. The van der Waals surface area contributed by atoms with E-state index in [2.05, 4.69) is 37.8 Å². The summed E-state index contributed by atoms with van der Waals surface area (Å²) in [6.07, 6.45) is 5.97. The van der Waals surface area contributed by atoms with E-state index < -0.39 is 0 Å². The van der Waals surface area contributed by atoms with E-state index in [1.54, 1.807) is 0 Å². The van der Waals surface area contributed by atoms with E-state index in [1.165, 1.54) is 30.5 Å². The molecule has 3 heteroatoms. The molecular weight excluding hydrogens is 268 g/mol. The SMILES string of the molecule is CCCc1cc(CCl)cc(N2CCC(C)(CC)CC2)n1. The van der Waals surface area contributed by atoms with Crippen LogP contribution in [-0.4, -0.2) is 18.1 Å². The number of hydrogen-bond donors (Lipinski definition) is 0. The number of aryl methyl sites for hydroxylation is 1. The van der Waals surface area contributed by atoms with E-state index >= 15 is 0 Å². The van der Waals surface area contributed by atoms with Gasteiger partial charge in [-0.15, -0.1) is 11.6 Å². The van der Waals surface area contributed by atoms with Crippen LogP contribution in [0.5, 0.6) is 0 Å². The van der Waals surface area contributed by atoms with E-state index in [1.807, 2.05) is 0 Å². The van der Waals surface area contributed by atoms with Crippen molar-refractivity contribution in [2.45, 2.75) is 58.8 Å². The van der Waals surface area contributed by atoms with Crippen molar-refractivity contribution >= 4 is 17.4 Å². The average Bonchev–Trinajstić information content (AvgIpc) is 2.48. The van der Waals surface area contributed by atoms with Crippen LogP contribution in [0.3, 0.4) is 0 Å². The lowest BCUT2D eigenvalue weighted by Gasteiger charge is -2.39. The molecular formula is C17H27ClN2. The molecule has 1 fully saturated rings. The van der Waals surface area contributed by atoms with Crippen molar-refractivity contribution in [3.05, 3.63) is 23.4 Å². The molecule has 1 aromatic heterocycles. The van der Waals surface area contributed by atoms with Crippen molar-refractivity contribution in [2.75, 3.05) is 18.0 Å². The van der Waals surface area contributed by atoms with Crippen LogP contribution >= 0.6 is 11.6 Å². The van der Waals surface area contributed by atoms with E-state index in [0.29, 0.717) is 11.3 Å². The summed E-state index contributed by atoms with van der Waals surface area (Å²) in [7, 11) is 0. The van der Waals surface area contributed by atoms with Crippen LogP contribution in [-0.2, 0) is 12.3 Å². The fraction of sp³-hybridized carbons (Fsp3) is 0.706. The van der Waals surface area contributed by atoms with Gasteiger partial charge in [0.25, 0.3) is 0 Å². The maximum atomic E-state index is 6.03. The molecule has 1 aliphatic rings. The summed E-state index contributed by atoms with van der Waals surface area (Å²) in [6.45, 7) is 9.16. The second-order valence-electron chi connectivity index (χ2n) is 6.36. The molecule has 1 aliphatic heterocycles. The van der Waals surface area contributed by atoms with Crippen LogP contribution in [0.4, 0.5) is 5.82 Å². The molecule has 112 valence electrons. The first-order chi connectivity index (χ1) is 9.60. The molecule has 0 radical (unpaired) electrons. The van der Waals surface area contributed by atoms with E-state index in [4.69, 9.17) is 16.6 Å². The van der Waals surface area contributed by atoms with Crippen LogP contribution < -0.4 is 4.90 Å². The Bertz CT molecular complexity index is 437. The first-order valence-corrected chi connectivity index (χ1v) is 8.44. The van der Waals surface area contributed by atoms with E-state index in [9.17, 15) is 0 Å². The van der Waals surface area contributed by atoms with Gasteiger partial charge in [0.05, 0.1) is 0 Å². The molecule has 20 heavy (non-hydrogen) atoms. The Balaban J connectivity index is 2.14. The Morgan fingerprint density at radius 2 is 1.95 bits per heavy atom. The van der Waals surface area contributed by atoms with E-state index in [0.717, 1.165) is 31.7 Å². The highest BCUT2D eigenvalue weighted by atomic mass is 35.5. The fourth-order valence-corrected chi connectivity index (χ4v) is 3.04. The zero-order valence-electron chi connectivity index (χ0n) is 13.1. The largest absolute Gasteiger partial charge is 0.357 e. The monoisotopic (exact) mass is 294 g/mol. The first kappa shape index (κ1) is 15.6. The van der Waals surface area contributed by atoms with E-state index in [-0.39, 0.29) is 0 Å². The van der Waals surface area contributed by atoms with Crippen molar-refractivity contribution in [1.82, 2.24) is 4.98 Å². The van der Waals surface area contributed by atoms with Crippen molar-refractivity contribution in [3.63, 3.8) is 0 Å². The third-order valence-corrected chi connectivity index (χ3v) is 5.04. The van der Waals surface area contributed by atoms with Gasteiger partial charge in [-0.2, -0.15) is 0 Å². The Morgan fingerprint density at radius 1 is 1.25 bits per heavy atom. The lowest BCUT2D eigenvalue weighted by Crippen LogP contribution is -2.39. The number of halogens is 1. The standard InChI is InChI=1S/C17H27ClN2/c1-4-6-15-11-14(13-18)12-16(19-15)20-9-7-17(3,5-2)8-10-20/h11-12H,4-10,13H2,1-3H3. The molecule has 0 N–H and O–H groups in total. The number of alkyl halides is 1. The number of rotatable bonds is 5. The number of hydrogen-bond acceptors (Lipinski definition) is 2. The van der Waals surface area contributed by atoms with Gasteiger partial charge in [-0.3, -0.25) is 0 Å². The molecule has 2 heterocycles. The van der Waals surface area contributed by atoms with Crippen LogP contribution in [0.1, 0.15) is 57.7 Å². The molecule has 0 saturated carbocycles. The quantitative estimate of drug-likeness (QED) is 0.726. The lowest BCUT2D eigenvalue weighted by atomic mass is 9.78. The van der Waals surface area contributed by atoms with Gasteiger partial charge >= 0.3 is 0 Å². The topological polar surface area (TPSA) is 16.1 Å². The van der Waals surface area contributed by atoms with Gasteiger partial charge in [0.2, 0.25) is 0 Å². The Morgan fingerprint density at radius 3 is 2.50 bits per heavy atom. The van der Waals surface area contributed by atoms with Crippen molar-refractivity contribution in [1.29, 1.82) is 0 Å². The Hall–Kier alpha value is -0.760. The second-order valence-corrected chi connectivity index (χ2v) is 6.63. The predicted octanol–water partition coefficient (Wildman–Crippen LogP) is 4.79. The molecule has 0 amide bonds. The number of pyridine rings is 1. The summed E-state index contributed by atoms with van der Waals surface area (Å²) < 4.78 is 0. The summed E-state index contributed by atoms with van der Waals surface area (Å²) in [5.74, 6) is 1.71. The molecule has 0 spiro atoms. The predicted molar refractivity (Wildman–Crippen MR) is 87.6 cm³/mol. The molecule has 1 aromatic rings. The molecule has 1 saturated heterocycles. The lowest BCUT2D eigenvalue weighted by molar-refractivity contribution is 0.237. The smallest absolute Gasteiger partial charge is 0.129 e. The maximum Gasteiger partial charge on any atom is 0.129 e. The minimum Gasteiger partial charge on any atom is -0.357 e. The van der Waals surface area contributed by atoms with Gasteiger partial charge in [0, 0.05) is 24.7 Å². The normalized spacial score (nSPS) is 18.3. The van der Waals surface area contributed by atoms with Crippen molar-refractivity contribution < 1.29 is 0 Å². The Kier molecular flexibility index (Phi) is 5.31. The summed E-state index contributed by atoms with van der Waals surface area (Å²) in [6, 6.07) is 4.32. The van der Waals surface area contributed by atoms with Crippen LogP contribution in [0.25, 0.3) is 0 Å². The van der Waals surface area contributed by atoms with Gasteiger partial charge in [0.1, 0.15) is 5.82 Å². The molecule has 2 rings (SSSR count). The third-order valence-electron chi connectivity index (χ3n) is 4.73. The average molecular weight is 295 g/mol. The molecule has 0 aliphatic carbocycles. The van der Waals surface area contributed by atoms with Gasteiger partial charge in [-0.05, 0) is 42.4 Å². The van der Waals surface area contributed by atoms with Gasteiger partial charge in [0.15, 0.2) is 0 Å². The number of piperidine rings is 1. The maximum absolute atomic E-state index is 6.03. The molecule has 0 aromatic carbocycles. The number of nitrogens with zero attached hydrogens (tertiary/aromatic N) is 2. The number of anilines is 1. The third kappa shape index (κ3) is 3.66. The van der Waals surface area contributed by atoms with Crippen LogP contribution in [0, 0.1) is 5.41 Å². The second kappa shape index (κ2) is 6.80. The molecule has 0 bridgehead atoms. The van der Waals surface area contributed by atoms with Crippen molar-refractivity contribution in [2.24, 2.45) is 5.41 Å². The highest BCUT2D eigenvalue weighted by molar-refractivity contribution is 6.17. The highest BCUT2D eigenvalue weighted by Crippen LogP contribution is 2.35. The first-order valence-electron chi connectivity index (χ1n) is 7.91. The summed E-state index contributed by atoms with van der Waals surface area (Å²) >= 11 is 6.03. The van der Waals surface area contributed by atoms with Crippen LogP contribution in [0.2, 0.25) is 0 Å². The summed E-state index contributed by atoms with van der Waals surface area (Å²) in [4.78, 5) is 7.27. The summed E-state index contributed by atoms with van der Waals surface area (Å²) in [5.41, 5.74) is 2.90. The minimum atomic E-state index is 0.521. The zero-order chi connectivity index (χ0) is 14.6. The van der Waals surface area contributed by atoms with Gasteiger partial charge in [-0.25, -0.2) is 4.98 Å². The molecule has 0 unspecified atom stereocenters. The minimum absolute atomic E-state index is 0.521.